The number of amides is 1. The number of carbonyl (C=O) groups is 1. The standard InChI is InChI=1S/C14H22N2OS2/c1-3-12-5-4-6-16(7-12)14(17)10-18-8-13-9-19-11(2)15-13/h9,12H,3-8,10H2,1-2H3. The van der Waals surface area contributed by atoms with Crippen LogP contribution >= 0.6 is 23.1 Å². The van der Waals surface area contributed by atoms with Crippen molar-refractivity contribution in [2.24, 2.45) is 5.92 Å². The summed E-state index contributed by atoms with van der Waals surface area (Å²) in [6, 6.07) is 0. The number of thioether (sulfide) groups is 1. The molecular formula is C14H22N2OS2. The Bertz CT molecular complexity index is 419. The van der Waals surface area contributed by atoms with Crippen molar-refractivity contribution in [3.05, 3.63) is 16.1 Å². The second-order valence-corrected chi connectivity index (χ2v) is 7.15. The van der Waals surface area contributed by atoms with Crippen LogP contribution < -0.4 is 0 Å². The van der Waals surface area contributed by atoms with Gasteiger partial charge in [-0.15, -0.1) is 23.1 Å². The SMILES string of the molecule is CCC1CCCN(C(=O)CSCc2csc(C)n2)C1. The van der Waals surface area contributed by atoms with E-state index in [1.165, 1.54) is 19.3 Å². The maximum atomic E-state index is 12.1. The van der Waals surface area contributed by atoms with Crippen molar-refractivity contribution in [2.45, 2.75) is 38.9 Å². The molecule has 0 radical (unpaired) electrons. The van der Waals surface area contributed by atoms with E-state index in [4.69, 9.17) is 0 Å². The number of nitrogens with zero attached hydrogens (tertiary/aromatic N) is 2. The first-order valence-electron chi connectivity index (χ1n) is 6.95. The second kappa shape index (κ2) is 7.29. The van der Waals surface area contributed by atoms with Crippen molar-refractivity contribution in [2.75, 3.05) is 18.8 Å². The minimum absolute atomic E-state index is 0.301. The topological polar surface area (TPSA) is 33.2 Å². The van der Waals surface area contributed by atoms with Gasteiger partial charge in [0, 0.05) is 24.2 Å². The third-order valence-electron chi connectivity index (χ3n) is 3.59. The number of aromatic nitrogens is 1. The number of carbonyl (C=O) groups excluding carboxylic acids is 1. The molecule has 1 unspecified atom stereocenters. The summed E-state index contributed by atoms with van der Waals surface area (Å²) in [7, 11) is 0. The highest BCUT2D eigenvalue weighted by atomic mass is 32.2. The van der Waals surface area contributed by atoms with Crippen molar-refractivity contribution >= 4 is 29.0 Å². The molecular weight excluding hydrogens is 276 g/mol. The molecule has 1 aliphatic heterocycles. The molecule has 106 valence electrons. The minimum atomic E-state index is 0.301. The smallest absolute Gasteiger partial charge is 0.232 e. The largest absolute Gasteiger partial charge is 0.342 e. The number of aryl methyl sites for hydroxylation is 1. The molecule has 0 bridgehead atoms. The van der Waals surface area contributed by atoms with Crippen LogP contribution in [-0.2, 0) is 10.5 Å². The molecule has 1 amide bonds. The van der Waals surface area contributed by atoms with Gasteiger partial charge in [-0.25, -0.2) is 4.98 Å². The lowest BCUT2D eigenvalue weighted by Gasteiger charge is -2.32. The van der Waals surface area contributed by atoms with Crippen LogP contribution in [0.4, 0.5) is 0 Å². The summed E-state index contributed by atoms with van der Waals surface area (Å²) in [6.07, 6.45) is 3.64. The first-order valence-corrected chi connectivity index (χ1v) is 8.99. The van der Waals surface area contributed by atoms with Crippen LogP contribution in [0.2, 0.25) is 0 Å². The van der Waals surface area contributed by atoms with Crippen LogP contribution in [-0.4, -0.2) is 34.6 Å². The Kier molecular flexibility index (Phi) is 5.70. The lowest BCUT2D eigenvalue weighted by Crippen LogP contribution is -2.40. The van der Waals surface area contributed by atoms with Gasteiger partial charge < -0.3 is 4.90 Å². The van der Waals surface area contributed by atoms with Crippen molar-refractivity contribution in [1.82, 2.24) is 9.88 Å². The van der Waals surface area contributed by atoms with E-state index in [0.717, 1.165) is 29.5 Å². The number of hydrogen-bond donors (Lipinski definition) is 0. The second-order valence-electron chi connectivity index (χ2n) is 5.11. The van der Waals surface area contributed by atoms with Crippen LogP contribution in [0, 0.1) is 12.8 Å². The number of rotatable bonds is 5. The quantitative estimate of drug-likeness (QED) is 0.836. The number of likely N-dealkylation sites (tertiary alicyclic amines) is 1. The van der Waals surface area contributed by atoms with Gasteiger partial charge in [-0.2, -0.15) is 0 Å². The highest BCUT2D eigenvalue weighted by molar-refractivity contribution is 7.99. The van der Waals surface area contributed by atoms with E-state index in [2.05, 4.69) is 22.2 Å². The minimum Gasteiger partial charge on any atom is -0.342 e. The first kappa shape index (κ1) is 14.9. The Morgan fingerprint density at radius 2 is 2.47 bits per heavy atom. The van der Waals surface area contributed by atoms with Crippen molar-refractivity contribution < 1.29 is 4.79 Å². The fraction of sp³-hybridized carbons (Fsp3) is 0.714. The maximum Gasteiger partial charge on any atom is 0.232 e. The average Bonchev–Trinajstić information content (AvgIpc) is 2.84. The Morgan fingerprint density at radius 3 is 3.16 bits per heavy atom. The highest BCUT2D eigenvalue weighted by Gasteiger charge is 2.22. The summed E-state index contributed by atoms with van der Waals surface area (Å²) in [5.74, 6) is 2.45. The fourth-order valence-corrected chi connectivity index (χ4v) is 3.97. The molecule has 1 aromatic rings. The van der Waals surface area contributed by atoms with Gasteiger partial charge in [0.25, 0.3) is 0 Å². The van der Waals surface area contributed by atoms with Gasteiger partial charge in [-0.1, -0.05) is 13.3 Å². The first-order chi connectivity index (χ1) is 9.19. The molecule has 5 heteroatoms. The summed E-state index contributed by atoms with van der Waals surface area (Å²) in [4.78, 5) is 18.6. The Labute approximate surface area is 123 Å². The van der Waals surface area contributed by atoms with Gasteiger partial charge in [-0.3, -0.25) is 4.79 Å². The van der Waals surface area contributed by atoms with E-state index in [1.54, 1.807) is 23.1 Å². The molecule has 0 aromatic carbocycles. The predicted molar refractivity (Wildman–Crippen MR) is 82.6 cm³/mol. The molecule has 0 aliphatic carbocycles. The molecule has 0 saturated carbocycles. The van der Waals surface area contributed by atoms with E-state index in [0.29, 0.717) is 17.6 Å². The van der Waals surface area contributed by atoms with Gasteiger partial charge >= 0.3 is 0 Å². The zero-order valence-corrected chi connectivity index (χ0v) is 13.4. The molecule has 2 rings (SSSR count). The molecule has 19 heavy (non-hydrogen) atoms. The number of hydrogen-bond acceptors (Lipinski definition) is 4. The highest BCUT2D eigenvalue weighted by Crippen LogP contribution is 2.21. The average molecular weight is 298 g/mol. The maximum absolute atomic E-state index is 12.1. The van der Waals surface area contributed by atoms with Crippen LogP contribution in [0.15, 0.2) is 5.38 Å². The molecule has 0 spiro atoms. The summed E-state index contributed by atoms with van der Waals surface area (Å²) >= 11 is 3.36. The third kappa shape index (κ3) is 4.49. The zero-order valence-electron chi connectivity index (χ0n) is 11.7. The molecule has 1 aliphatic rings. The number of thiazole rings is 1. The van der Waals surface area contributed by atoms with Gasteiger partial charge in [0.15, 0.2) is 0 Å². The Morgan fingerprint density at radius 1 is 1.63 bits per heavy atom. The molecule has 1 aromatic heterocycles. The molecule has 1 saturated heterocycles. The van der Waals surface area contributed by atoms with Gasteiger partial charge in [0.05, 0.1) is 16.5 Å². The lowest BCUT2D eigenvalue weighted by molar-refractivity contribution is -0.130. The van der Waals surface area contributed by atoms with Gasteiger partial charge in [-0.05, 0) is 25.7 Å². The number of piperidine rings is 1. The normalized spacial score (nSPS) is 19.7. The molecule has 3 nitrogen and oxygen atoms in total. The van der Waals surface area contributed by atoms with E-state index in [1.807, 2.05) is 6.92 Å². The molecule has 2 heterocycles. The van der Waals surface area contributed by atoms with Crippen molar-refractivity contribution in [3.63, 3.8) is 0 Å². The molecule has 0 N–H and O–H groups in total. The van der Waals surface area contributed by atoms with Gasteiger partial charge in [0.1, 0.15) is 0 Å². The van der Waals surface area contributed by atoms with E-state index >= 15 is 0 Å². The van der Waals surface area contributed by atoms with E-state index in [9.17, 15) is 4.79 Å². The fourth-order valence-electron chi connectivity index (χ4n) is 2.43. The summed E-state index contributed by atoms with van der Waals surface area (Å²) in [5.41, 5.74) is 1.10. The predicted octanol–water partition coefficient (Wildman–Crippen LogP) is 3.33. The molecule has 1 fully saturated rings. The third-order valence-corrected chi connectivity index (χ3v) is 5.36. The summed E-state index contributed by atoms with van der Waals surface area (Å²) < 4.78 is 0. The summed E-state index contributed by atoms with van der Waals surface area (Å²) in [6.45, 7) is 6.15. The van der Waals surface area contributed by atoms with Crippen molar-refractivity contribution in [3.8, 4) is 0 Å². The van der Waals surface area contributed by atoms with E-state index in [-0.39, 0.29) is 0 Å². The molecule has 1 atom stereocenters. The lowest BCUT2D eigenvalue weighted by atomic mass is 9.96. The van der Waals surface area contributed by atoms with E-state index < -0.39 is 0 Å². The Hall–Kier alpha value is -0.550. The van der Waals surface area contributed by atoms with Crippen molar-refractivity contribution in [1.29, 1.82) is 0 Å². The monoisotopic (exact) mass is 298 g/mol. The van der Waals surface area contributed by atoms with Crippen LogP contribution in [0.5, 0.6) is 0 Å². The zero-order chi connectivity index (χ0) is 13.7. The van der Waals surface area contributed by atoms with Crippen LogP contribution in [0.25, 0.3) is 0 Å². The Balaban J connectivity index is 1.72. The van der Waals surface area contributed by atoms with Crippen LogP contribution in [0.1, 0.15) is 36.9 Å². The van der Waals surface area contributed by atoms with Crippen LogP contribution in [0.3, 0.4) is 0 Å². The van der Waals surface area contributed by atoms with Gasteiger partial charge in [0.2, 0.25) is 5.91 Å². The summed E-state index contributed by atoms with van der Waals surface area (Å²) in [5, 5.41) is 3.18.